The molecule has 0 saturated carbocycles. The van der Waals surface area contributed by atoms with Crippen LogP contribution in [-0.4, -0.2) is 10.5 Å². The number of benzene rings is 2. The minimum Gasteiger partial charge on any atom is -0.398 e. The van der Waals surface area contributed by atoms with Gasteiger partial charge in [0.05, 0.1) is 0 Å². The number of carbonyl (C=O) groups excluding carboxylic acids is 1. The molecule has 0 aliphatic carbocycles. The number of thioether (sulfide) groups is 1. The van der Waals surface area contributed by atoms with Gasteiger partial charge in [-0.3, -0.25) is 0 Å². The minimum absolute atomic E-state index is 0.750. The molecule has 30 heavy (non-hydrogen) atoms. The molecule has 2 aromatic rings. The summed E-state index contributed by atoms with van der Waals surface area (Å²) in [5.74, 6) is 0.835. The zero-order valence-electron chi connectivity index (χ0n) is 18.0. The molecule has 2 rings (SSSR count). The van der Waals surface area contributed by atoms with Crippen LogP contribution in [0.3, 0.4) is 0 Å². The number of hydrogen-bond donors (Lipinski definition) is 2. The van der Waals surface area contributed by atoms with Crippen LogP contribution >= 0.6 is 11.8 Å². The van der Waals surface area contributed by atoms with Crippen molar-refractivity contribution in [2.24, 2.45) is 0 Å². The van der Waals surface area contributed by atoms with E-state index in [2.05, 4.69) is 24.3 Å². The van der Waals surface area contributed by atoms with Crippen molar-refractivity contribution in [3.8, 4) is 0 Å². The highest BCUT2D eigenvalue weighted by Gasteiger charge is 2.04. The second kappa shape index (κ2) is 13.6. The van der Waals surface area contributed by atoms with E-state index in [-0.39, 0.29) is 0 Å². The van der Waals surface area contributed by atoms with Crippen LogP contribution in [0.2, 0.25) is 0 Å². The smallest absolute Gasteiger partial charge is 0.145 e. The fraction of sp³-hybridized carbons (Fsp3) is 0.208. The average molecular weight is 443 g/mol. The molecule has 6 heteroatoms. The highest BCUT2D eigenvalue weighted by Crippen LogP contribution is 2.29. The van der Waals surface area contributed by atoms with Gasteiger partial charge in [-0.25, -0.2) is 4.21 Å². The molecule has 4 nitrogen and oxygen atoms in total. The Morgan fingerprint density at radius 3 is 2.43 bits per heavy atom. The monoisotopic (exact) mass is 442 g/mol. The lowest BCUT2D eigenvalue weighted by Gasteiger charge is -2.09. The number of nitrogen functional groups attached to an aromatic ring is 1. The van der Waals surface area contributed by atoms with Gasteiger partial charge in [0.2, 0.25) is 0 Å². The van der Waals surface area contributed by atoms with Crippen LogP contribution in [0, 0.1) is 6.92 Å². The molecule has 2 aromatic carbocycles. The van der Waals surface area contributed by atoms with Crippen LogP contribution in [0.1, 0.15) is 31.9 Å². The second-order valence-electron chi connectivity index (χ2n) is 6.62. The number of aryl methyl sites for hydroxylation is 1. The summed E-state index contributed by atoms with van der Waals surface area (Å²) in [6.07, 6.45) is 6.32. The molecule has 0 aromatic heterocycles. The van der Waals surface area contributed by atoms with Crippen LogP contribution in [0.15, 0.2) is 82.6 Å². The number of carbonyl (C=O) groups is 1. The van der Waals surface area contributed by atoms with Gasteiger partial charge in [-0.05, 0) is 69.2 Å². The summed E-state index contributed by atoms with van der Waals surface area (Å²) in [5, 5.41) is 0. The molecule has 0 saturated heterocycles. The third-order valence-corrected chi connectivity index (χ3v) is 6.02. The standard InChI is InChI=1S/C22H26N2OS2.C2H4O/c1-16(2)6-5-7-18(4)27(25)24-20-11-9-19(10-12-20)15-26-22-14-17(3)8-13-21(22)23;1-2-3/h5-14,24H,1,15,23H2,2-4H3;2H,1H3/b6-5-,18-7+;. The zero-order chi connectivity index (χ0) is 22.5. The summed E-state index contributed by atoms with van der Waals surface area (Å²) >= 11 is 1.72. The number of rotatable bonds is 8. The third-order valence-electron chi connectivity index (χ3n) is 3.73. The van der Waals surface area contributed by atoms with Crippen molar-refractivity contribution < 1.29 is 9.00 Å². The van der Waals surface area contributed by atoms with Gasteiger partial charge in [0.25, 0.3) is 0 Å². The quantitative estimate of drug-likeness (QED) is 0.221. The lowest BCUT2D eigenvalue weighted by atomic mass is 10.2. The van der Waals surface area contributed by atoms with Gasteiger partial charge < -0.3 is 15.3 Å². The predicted octanol–water partition coefficient (Wildman–Crippen LogP) is 6.19. The minimum atomic E-state index is -1.27. The first-order valence-electron chi connectivity index (χ1n) is 9.43. The summed E-state index contributed by atoms with van der Waals surface area (Å²) < 4.78 is 15.3. The first kappa shape index (κ1) is 25.5. The Morgan fingerprint density at radius 1 is 1.20 bits per heavy atom. The van der Waals surface area contributed by atoms with Crippen molar-refractivity contribution in [1.29, 1.82) is 0 Å². The van der Waals surface area contributed by atoms with Gasteiger partial charge in [0.15, 0.2) is 0 Å². The fourth-order valence-electron chi connectivity index (χ4n) is 2.19. The molecule has 0 radical (unpaired) electrons. The molecule has 0 spiro atoms. The lowest BCUT2D eigenvalue weighted by Crippen LogP contribution is -2.04. The fourth-order valence-corrected chi connectivity index (χ4v) is 3.93. The maximum Gasteiger partial charge on any atom is 0.145 e. The third kappa shape index (κ3) is 9.76. The predicted molar refractivity (Wildman–Crippen MR) is 133 cm³/mol. The van der Waals surface area contributed by atoms with E-state index >= 15 is 0 Å². The number of allylic oxidation sites excluding steroid dienone is 5. The first-order chi connectivity index (χ1) is 14.3. The molecule has 0 aliphatic rings. The van der Waals surface area contributed by atoms with Crippen molar-refractivity contribution in [2.45, 2.75) is 38.3 Å². The van der Waals surface area contributed by atoms with E-state index < -0.39 is 11.0 Å². The molecule has 0 fully saturated rings. The molecular formula is C24H30N2O2S2. The Bertz CT molecular complexity index is 933. The molecule has 3 N–H and O–H groups in total. The Hall–Kier alpha value is -2.57. The van der Waals surface area contributed by atoms with E-state index in [1.54, 1.807) is 11.8 Å². The Labute approximate surface area is 186 Å². The molecule has 1 unspecified atom stereocenters. The van der Waals surface area contributed by atoms with Crippen LogP contribution in [0.4, 0.5) is 11.4 Å². The highest BCUT2D eigenvalue weighted by molar-refractivity contribution is 7.98. The van der Waals surface area contributed by atoms with Gasteiger partial charge in [0.1, 0.15) is 17.3 Å². The molecule has 0 heterocycles. The number of hydrogen-bond acceptors (Lipinski definition) is 4. The van der Waals surface area contributed by atoms with Crippen molar-refractivity contribution in [2.75, 3.05) is 10.5 Å². The molecule has 0 amide bonds. The molecule has 160 valence electrons. The molecule has 0 bridgehead atoms. The van der Waals surface area contributed by atoms with Crippen molar-refractivity contribution in [3.63, 3.8) is 0 Å². The largest absolute Gasteiger partial charge is 0.398 e. The Kier molecular flexibility index (Phi) is 11.6. The average Bonchev–Trinajstić information content (AvgIpc) is 2.70. The van der Waals surface area contributed by atoms with Gasteiger partial charge in [-0.1, -0.05) is 42.5 Å². The highest BCUT2D eigenvalue weighted by atomic mass is 32.2. The van der Waals surface area contributed by atoms with Gasteiger partial charge in [0, 0.05) is 26.9 Å². The number of nitrogens with two attached hydrogens (primary N) is 1. The van der Waals surface area contributed by atoms with Gasteiger partial charge in [-0.15, -0.1) is 11.8 Å². The SMILES string of the molecule is C=C(C)/C=C\C=C(/C)S(=O)Nc1ccc(CSc2cc(C)ccc2N)cc1.CC=O. The van der Waals surface area contributed by atoms with E-state index in [0.29, 0.717) is 0 Å². The first-order valence-corrected chi connectivity index (χ1v) is 11.6. The summed E-state index contributed by atoms with van der Waals surface area (Å²) in [6.45, 7) is 11.1. The number of aldehydes is 1. The molecular weight excluding hydrogens is 412 g/mol. The van der Waals surface area contributed by atoms with Crippen molar-refractivity contribution >= 4 is 40.4 Å². The summed E-state index contributed by atoms with van der Waals surface area (Å²) in [5.41, 5.74) is 11.0. The van der Waals surface area contributed by atoms with Gasteiger partial charge >= 0.3 is 0 Å². The van der Waals surface area contributed by atoms with Crippen LogP contribution in [-0.2, 0) is 21.5 Å². The molecule has 1 atom stereocenters. The van der Waals surface area contributed by atoms with E-state index in [9.17, 15) is 4.21 Å². The summed E-state index contributed by atoms with van der Waals surface area (Å²) in [7, 11) is -1.27. The van der Waals surface area contributed by atoms with Crippen LogP contribution in [0.25, 0.3) is 0 Å². The van der Waals surface area contributed by atoms with Gasteiger partial charge in [-0.2, -0.15) is 0 Å². The van der Waals surface area contributed by atoms with E-state index in [1.165, 1.54) is 18.1 Å². The van der Waals surface area contributed by atoms with E-state index in [4.69, 9.17) is 10.5 Å². The van der Waals surface area contributed by atoms with Crippen molar-refractivity contribution in [3.05, 3.63) is 88.9 Å². The zero-order valence-corrected chi connectivity index (χ0v) is 19.6. The van der Waals surface area contributed by atoms with Crippen molar-refractivity contribution in [1.82, 2.24) is 0 Å². The number of anilines is 2. The Balaban J connectivity index is 0.00000141. The normalized spacial score (nSPS) is 12.1. The lowest BCUT2D eigenvalue weighted by molar-refractivity contribution is -0.106. The van der Waals surface area contributed by atoms with E-state index in [0.717, 1.165) is 38.8 Å². The Morgan fingerprint density at radius 2 is 1.83 bits per heavy atom. The number of nitrogens with one attached hydrogen (secondary N) is 1. The van der Waals surface area contributed by atoms with E-state index in [1.807, 2.05) is 68.5 Å². The summed E-state index contributed by atoms with van der Waals surface area (Å²) in [4.78, 5) is 10.7. The maximum atomic E-state index is 12.3. The molecule has 0 aliphatic heterocycles. The maximum absolute atomic E-state index is 12.3. The van der Waals surface area contributed by atoms with Crippen LogP contribution < -0.4 is 10.5 Å². The summed E-state index contributed by atoms with van der Waals surface area (Å²) in [6, 6.07) is 14.1. The second-order valence-corrected chi connectivity index (χ2v) is 9.02. The topological polar surface area (TPSA) is 72.2 Å². The van der Waals surface area contributed by atoms with Crippen LogP contribution in [0.5, 0.6) is 0 Å².